The number of piperazine rings is 1. The van der Waals surface area contributed by atoms with Gasteiger partial charge in [0, 0.05) is 44.2 Å². The van der Waals surface area contributed by atoms with Gasteiger partial charge in [-0.1, -0.05) is 13.8 Å². The highest BCUT2D eigenvalue weighted by atomic mass is 79.9. The number of halogens is 2. The lowest BCUT2D eigenvalue weighted by Crippen LogP contribution is -2.49. The van der Waals surface area contributed by atoms with Crippen molar-refractivity contribution < 1.29 is 14.6 Å². The fourth-order valence-electron chi connectivity index (χ4n) is 3.23. The lowest BCUT2D eigenvalue weighted by molar-refractivity contribution is 0.0303. The predicted octanol–water partition coefficient (Wildman–Crippen LogP) is 2.85. The molecule has 5 nitrogen and oxygen atoms in total. The van der Waals surface area contributed by atoms with Gasteiger partial charge >= 0.3 is 0 Å². The summed E-state index contributed by atoms with van der Waals surface area (Å²) in [6.45, 7) is 8.14. The maximum Gasteiger partial charge on any atom is 0.137 e. The zero-order valence-electron chi connectivity index (χ0n) is 14.8. The van der Waals surface area contributed by atoms with Crippen LogP contribution in [-0.2, 0) is 0 Å². The topological polar surface area (TPSA) is 54.0 Å². The number of rotatable bonds is 6. The zero-order valence-corrected chi connectivity index (χ0v) is 17.2. The summed E-state index contributed by atoms with van der Waals surface area (Å²) in [5.41, 5.74) is 0.823. The van der Waals surface area contributed by atoms with Crippen LogP contribution >= 0.6 is 28.3 Å². The SMILES string of the molecule is COc1cc([C@@H](N2CCNCC2)C(C)(C)CO)cc(OC)c1Br.Cl. The number of benzene rings is 1. The summed E-state index contributed by atoms with van der Waals surface area (Å²) in [6.07, 6.45) is 0. The van der Waals surface area contributed by atoms with Crippen LogP contribution in [0.5, 0.6) is 11.5 Å². The molecule has 0 unspecified atom stereocenters. The maximum absolute atomic E-state index is 9.95. The second-order valence-electron chi connectivity index (χ2n) is 6.57. The molecular formula is C17H28BrClN2O3. The van der Waals surface area contributed by atoms with Crippen molar-refractivity contribution in [1.29, 1.82) is 0 Å². The Bertz CT molecular complexity index is 512. The van der Waals surface area contributed by atoms with Gasteiger partial charge in [0.15, 0.2) is 0 Å². The van der Waals surface area contributed by atoms with Crippen LogP contribution in [0.2, 0.25) is 0 Å². The molecule has 1 aliphatic heterocycles. The van der Waals surface area contributed by atoms with Gasteiger partial charge < -0.3 is 19.9 Å². The van der Waals surface area contributed by atoms with Gasteiger partial charge in [-0.15, -0.1) is 12.4 Å². The van der Waals surface area contributed by atoms with Crippen LogP contribution in [0.3, 0.4) is 0 Å². The van der Waals surface area contributed by atoms with E-state index in [9.17, 15) is 5.11 Å². The van der Waals surface area contributed by atoms with Gasteiger partial charge in [-0.25, -0.2) is 0 Å². The first-order valence-corrected chi connectivity index (χ1v) is 8.71. The molecule has 1 heterocycles. The first-order chi connectivity index (χ1) is 10.9. The minimum absolute atomic E-state index is 0. The summed E-state index contributed by atoms with van der Waals surface area (Å²) in [6, 6.07) is 4.17. The lowest BCUT2D eigenvalue weighted by Gasteiger charge is -2.43. The molecule has 1 aromatic carbocycles. The van der Waals surface area contributed by atoms with Crippen molar-refractivity contribution in [2.24, 2.45) is 5.41 Å². The maximum atomic E-state index is 9.95. The fourth-order valence-corrected chi connectivity index (χ4v) is 3.78. The number of hydrogen-bond donors (Lipinski definition) is 2. The van der Waals surface area contributed by atoms with Crippen molar-refractivity contribution in [2.45, 2.75) is 19.9 Å². The first kappa shape index (κ1) is 21.5. The molecule has 1 aromatic rings. The Hall–Kier alpha value is -0.530. The van der Waals surface area contributed by atoms with E-state index in [1.54, 1.807) is 14.2 Å². The summed E-state index contributed by atoms with van der Waals surface area (Å²) >= 11 is 3.53. The third-order valence-corrected chi connectivity index (χ3v) is 5.23. The van der Waals surface area contributed by atoms with Gasteiger partial charge in [0.05, 0.1) is 14.2 Å². The third kappa shape index (κ3) is 4.55. The number of methoxy groups -OCH3 is 2. The Morgan fingerprint density at radius 2 is 1.71 bits per heavy atom. The molecule has 1 aliphatic rings. The van der Waals surface area contributed by atoms with Crippen molar-refractivity contribution in [3.05, 3.63) is 22.2 Å². The van der Waals surface area contributed by atoms with E-state index in [0.717, 1.165) is 47.7 Å². The highest BCUT2D eigenvalue weighted by molar-refractivity contribution is 9.10. The molecular weight excluding hydrogens is 396 g/mol. The van der Waals surface area contributed by atoms with Gasteiger partial charge in [-0.3, -0.25) is 4.90 Å². The van der Waals surface area contributed by atoms with E-state index in [1.807, 2.05) is 12.1 Å². The van der Waals surface area contributed by atoms with E-state index in [2.05, 4.69) is 40.0 Å². The summed E-state index contributed by atoms with van der Waals surface area (Å²) in [7, 11) is 3.31. The second-order valence-corrected chi connectivity index (χ2v) is 7.37. The highest BCUT2D eigenvalue weighted by Crippen LogP contribution is 2.44. The molecule has 2 N–H and O–H groups in total. The molecule has 0 saturated carbocycles. The average molecular weight is 424 g/mol. The minimum atomic E-state index is -0.277. The van der Waals surface area contributed by atoms with Crippen molar-refractivity contribution >= 4 is 28.3 Å². The Kier molecular flexibility index (Phi) is 8.29. The van der Waals surface area contributed by atoms with E-state index in [1.165, 1.54) is 0 Å². The van der Waals surface area contributed by atoms with Gasteiger partial charge in [0.2, 0.25) is 0 Å². The third-order valence-electron chi connectivity index (χ3n) is 4.45. The van der Waals surface area contributed by atoms with Crippen LogP contribution in [0.15, 0.2) is 16.6 Å². The molecule has 1 fully saturated rings. The lowest BCUT2D eigenvalue weighted by atomic mass is 9.79. The zero-order chi connectivity index (χ0) is 17.0. The van der Waals surface area contributed by atoms with Gasteiger partial charge in [0.1, 0.15) is 16.0 Å². The Morgan fingerprint density at radius 3 is 2.12 bits per heavy atom. The molecule has 0 amide bonds. The smallest absolute Gasteiger partial charge is 0.137 e. The van der Waals surface area contributed by atoms with Crippen LogP contribution in [0.4, 0.5) is 0 Å². The molecule has 0 spiro atoms. The van der Waals surface area contributed by atoms with Crippen molar-refractivity contribution in [2.75, 3.05) is 47.0 Å². The van der Waals surface area contributed by atoms with Gasteiger partial charge in [-0.2, -0.15) is 0 Å². The average Bonchev–Trinajstić information content (AvgIpc) is 2.57. The number of hydrogen-bond acceptors (Lipinski definition) is 5. The standard InChI is InChI=1S/C17H27BrN2O3.ClH/c1-17(2,11-21)16(20-7-5-19-6-8-20)12-9-13(22-3)15(18)14(10-12)23-4;/h9-10,16,19,21H,5-8,11H2,1-4H3;1H/t16-;/m1./s1. The van der Waals surface area contributed by atoms with Crippen LogP contribution in [0.25, 0.3) is 0 Å². The Labute approximate surface area is 159 Å². The molecule has 24 heavy (non-hydrogen) atoms. The number of nitrogens with zero attached hydrogens (tertiary/aromatic N) is 1. The van der Waals surface area contributed by atoms with E-state index in [-0.39, 0.29) is 30.5 Å². The fraction of sp³-hybridized carbons (Fsp3) is 0.647. The first-order valence-electron chi connectivity index (χ1n) is 7.91. The van der Waals surface area contributed by atoms with E-state index in [0.29, 0.717) is 0 Å². The quantitative estimate of drug-likeness (QED) is 0.737. The van der Waals surface area contributed by atoms with E-state index < -0.39 is 0 Å². The van der Waals surface area contributed by atoms with Crippen molar-refractivity contribution in [1.82, 2.24) is 10.2 Å². The molecule has 0 aliphatic carbocycles. The Balaban J connectivity index is 0.00000288. The minimum Gasteiger partial charge on any atom is -0.495 e. The van der Waals surface area contributed by atoms with E-state index >= 15 is 0 Å². The number of aliphatic hydroxyl groups excluding tert-OH is 1. The van der Waals surface area contributed by atoms with Crippen LogP contribution < -0.4 is 14.8 Å². The number of nitrogens with one attached hydrogen (secondary N) is 1. The highest BCUT2D eigenvalue weighted by Gasteiger charge is 2.36. The second kappa shape index (κ2) is 9.25. The molecule has 1 saturated heterocycles. The molecule has 1 atom stereocenters. The molecule has 7 heteroatoms. The normalized spacial score (nSPS) is 17.1. The van der Waals surface area contributed by atoms with Crippen LogP contribution in [-0.4, -0.2) is 57.0 Å². The number of ether oxygens (including phenoxy) is 2. The monoisotopic (exact) mass is 422 g/mol. The Morgan fingerprint density at radius 1 is 1.21 bits per heavy atom. The van der Waals surface area contributed by atoms with Crippen molar-refractivity contribution in [3.8, 4) is 11.5 Å². The summed E-state index contributed by atoms with van der Waals surface area (Å²) in [5.74, 6) is 1.49. The molecule has 0 radical (unpaired) electrons. The van der Waals surface area contributed by atoms with Gasteiger partial charge in [-0.05, 0) is 33.6 Å². The molecule has 2 rings (SSSR count). The molecule has 0 aromatic heterocycles. The predicted molar refractivity (Wildman–Crippen MR) is 103 cm³/mol. The summed E-state index contributed by atoms with van der Waals surface area (Å²) < 4.78 is 11.8. The summed E-state index contributed by atoms with van der Waals surface area (Å²) in [4.78, 5) is 2.43. The molecule has 138 valence electrons. The largest absolute Gasteiger partial charge is 0.495 e. The summed E-state index contributed by atoms with van der Waals surface area (Å²) in [5, 5.41) is 13.3. The van der Waals surface area contributed by atoms with Crippen LogP contribution in [0, 0.1) is 5.41 Å². The number of aliphatic hydroxyl groups is 1. The van der Waals surface area contributed by atoms with Crippen molar-refractivity contribution in [3.63, 3.8) is 0 Å². The van der Waals surface area contributed by atoms with Crippen LogP contribution in [0.1, 0.15) is 25.5 Å². The van der Waals surface area contributed by atoms with E-state index in [4.69, 9.17) is 9.47 Å². The van der Waals surface area contributed by atoms with Gasteiger partial charge in [0.25, 0.3) is 0 Å². The molecule has 0 bridgehead atoms.